The van der Waals surface area contributed by atoms with Gasteiger partial charge in [0.15, 0.2) is 11.4 Å². The number of carbonyl (C=O) groups excluding carboxylic acids is 2. The van der Waals surface area contributed by atoms with Crippen LogP contribution in [0.25, 0.3) is 11.0 Å². The smallest absolute Gasteiger partial charge is 0.450 e. The number of allylic oxidation sites excluding steroid dienone is 6. The zero-order chi connectivity index (χ0) is 80.9. The molecule has 5 heterocycles. The van der Waals surface area contributed by atoms with Gasteiger partial charge in [0.1, 0.15) is 24.8 Å². The highest BCUT2D eigenvalue weighted by molar-refractivity contribution is 8.77. The summed E-state index contributed by atoms with van der Waals surface area (Å²) in [6.45, 7) is 17.7. The van der Waals surface area contributed by atoms with Crippen molar-refractivity contribution in [1.82, 2.24) is 30.6 Å². The van der Waals surface area contributed by atoms with Crippen molar-refractivity contribution in [3.05, 3.63) is 106 Å². The van der Waals surface area contributed by atoms with Crippen LogP contribution in [0.15, 0.2) is 93.3 Å². The van der Waals surface area contributed by atoms with Crippen LogP contribution < -0.4 is 32.3 Å². The van der Waals surface area contributed by atoms with Crippen LogP contribution >= 0.6 is 45.1 Å². The van der Waals surface area contributed by atoms with E-state index in [4.69, 9.17) is 64.5 Å². The topological polar surface area (TPSA) is 486 Å². The summed E-state index contributed by atoms with van der Waals surface area (Å²) in [7, 11) is -23.2. The average molecular weight is 1720 g/mol. The molecule has 3 aliphatic heterocycles. The van der Waals surface area contributed by atoms with E-state index in [1.165, 1.54) is 35.0 Å². The maximum Gasteiger partial charge on any atom is 0.490 e. The zero-order valence-electron chi connectivity index (χ0n) is 61.9. The number of phosphoric acid groups is 3. The maximum absolute atomic E-state index is 13.2. The largest absolute Gasteiger partial charge is 0.490 e. The molecule has 3 unspecified atom stereocenters. The number of carbonyl (C=O) groups is 2. The number of fused-ring (bicyclic) bond motifs is 3. The van der Waals surface area contributed by atoms with Crippen LogP contribution in [0.2, 0.25) is 0 Å². The molecular weight excluding hydrogens is 1620 g/mol. The molecule has 44 heteroatoms. The number of likely N-dealkylation sites (N-methyl/N-ethyl adjacent to an activating group) is 1. The van der Waals surface area contributed by atoms with Crippen molar-refractivity contribution in [3.8, 4) is 11.8 Å². The molecule has 6 atom stereocenters. The number of nitrogens with zero attached hydrogens (tertiary/aromatic N) is 4. The molecule has 4 aromatic rings. The van der Waals surface area contributed by atoms with E-state index in [2.05, 4.69) is 69.9 Å². The first kappa shape index (κ1) is 92.0. The first-order chi connectivity index (χ1) is 51.6. The van der Waals surface area contributed by atoms with Gasteiger partial charge in [0.05, 0.1) is 91.0 Å². The number of ether oxygens (including phenoxy) is 6. The number of aromatic nitrogens is 3. The number of amides is 2. The molecule has 0 spiro atoms. The molecule has 2 aromatic heterocycles. The molecule has 110 heavy (non-hydrogen) atoms. The van der Waals surface area contributed by atoms with E-state index in [0.717, 1.165) is 53.2 Å². The Labute approximate surface area is 653 Å². The molecule has 12 N–H and O–H groups in total. The van der Waals surface area contributed by atoms with Crippen molar-refractivity contribution in [1.29, 1.82) is 0 Å². The van der Waals surface area contributed by atoms with Crippen LogP contribution in [0.3, 0.4) is 0 Å². The number of unbranched alkanes of at least 4 members (excludes halogenated alkanes) is 3. The lowest BCUT2D eigenvalue weighted by Crippen LogP contribution is -2.29. The number of hydrogen-bond acceptors (Lipinski definition) is 27. The van der Waals surface area contributed by atoms with Gasteiger partial charge in [-0.15, -0.1) is 0 Å². The van der Waals surface area contributed by atoms with Gasteiger partial charge in [0, 0.05) is 91.0 Å². The Hall–Kier alpha value is -5.13. The zero-order valence-corrected chi connectivity index (χ0v) is 69.5. The Balaban J connectivity index is 0.700. The van der Waals surface area contributed by atoms with Crippen molar-refractivity contribution in [3.63, 3.8) is 0 Å². The Kier molecular flexibility index (Phi) is 34.7. The van der Waals surface area contributed by atoms with Crippen molar-refractivity contribution < 1.29 is 120 Å². The second-order valence-corrected chi connectivity index (χ2v) is 40.0. The average Bonchev–Trinajstić information content (AvgIpc) is 1.60. The predicted octanol–water partition coefficient (Wildman–Crippen LogP) is 7.99. The Morgan fingerprint density at radius 2 is 1.56 bits per heavy atom. The minimum Gasteiger partial charge on any atom is -0.450 e. The third-order valence-corrected chi connectivity index (χ3v) is 26.5. The van der Waals surface area contributed by atoms with Gasteiger partial charge in [-0.05, 0) is 126 Å². The molecule has 3 aliphatic rings. The summed E-state index contributed by atoms with van der Waals surface area (Å²) in [4.78, 5) is 89.7. The van der Waals surface area contributed by atoms with Crippen molar-refractivity contribution in [2.75, 3.05) is 114 Å². The van der Waals surface area contributed by atoms with Crippen LogP contribution in [0.1, 0.15) is 123 Å². The standard InChI is InChI=1S/C66H96N9O26P3S6/c1-9-73-51-25-23-47(109(86,87)88)39-49(51)65(4,5)55(73)20-12-10-13-21-56-66(6,7)50-40-48(110(89,90)91)24-26-52(50)74(56)31-15-11-14-22-57(76)68-29-35-92-37-38-93-36-30-70-97-34-27-64(2,3)107-106-44-94-32-16-17-33-95-63(78)69-28-18-19-46-42-75(60-59(46)61(77)72-62(67)71-60)58-41-53(96-45-108(8)105)54(99-58)43-98-103(82,83)101-104(84,85)100-102(79,80)81/h10,12-13,20-21,23-26,39-40,42,53-54,58,70H,9,11,14-17,22,27-38,41,43-45H2,1-8H3,(H10-,67,68,69,71,72,76,77,78,79,80,81,82,83,84,85,86,87,88,89,90,91)/p+1/t53-,54+,58+,108?/m0/s1. The summed E-state index contributed by atoms with van der Waals surface area (Å²) in [6.07, 6.45) is 13.4. The third kappa shape index (κ3) is 28.1. The molecular formula is C66H97N9O26P3S6+. The van der Waals surface area contributed by atoms with Gasteiger partial charge in [-0.1, -0.05) is 75.0 Å². The van der Waals surface area contributed by atoms with Gasteiger partial charge in [-0.3, -0.25) is 28.2 Å². The van der Waals surface area contributed by atoms with Crippen LogP contribution in [0, 0.1) is 11.8 Å². The molecule has 7 rings (SSSR count). The molecule has 0 aliphatic carbocycles. The quantitative estimate of drug-likeness (QED) is 0.00230. The monoisotopic (exact) mass is 1720 g/mol. The number of nitrogen functional groups attached to an aromatic ring is 1. The van der Waals surface area contributed by atoms with Crippen LogP contribution in [-0.2, 0) is 117 Å². The second kappa shape index (κ2) is 41.4. The highest BCUT2D eigenvalue weighted by Gasteiger charge is 2.47. The first-order valence-electron chi connectivity index (χ1n) is 34.7. The number of hydroxylamine groups is 1. The fraction of sp³-hybridized carbons (Fsp3) is 0.561. The SMILES string of the molecule is CCN1\C(=C/C=C/C=C/C2=[N+](CCCCCC(=O)NCCOCCOCCNOCCC(C)(C)SSCOCCCCOC(=O)NCC#Cc3cn([C@H]4C[C@H](OCS(C)=S)[C@@H](COP(=O)(O)OP(=O)(O)OP(=O)(O)O)O4)c4nc(N)[nH]c(=O)c34)c3ccc(S(=O)(=O)O)cc3C2(C)C)C(C)(C)c2cc(S(=O)(=O)O)ccc21. The molecule has 1 fully saturated rings. The Morgan fingerprint density at radius 1 is 0.873 bits per heavy atom. The Bertz CT molecular complexity index is 4560. The molecule has 1 saturated heterocycles. The van der Waals surface area contributed by atoms with Gasteiger partial charge in [-0.25, -0.2) is 24.0 Å². The minimum absolute atomic E-state index is 0.00639. The number of phosphoric ester groups is 1. The number of anilines is 2. The number of H-pyrrole nitrogens is 1. The number of benzene rings is 2. The van der Waals surface area contributed by atoms with E-state index in [9.17, 15) is 63.8 Å². The van der Waals surface area contributed by atoms with Gasteiger partial charge in [0.25, 0.3) is 25.8 Å². The van der Waals surface area contributed by atoms with Crippen LogP contribution in [-0.4, -0.2) is 203 Å². The number of rotatable bonds is 46. The highest BCUT2D eigenvalue weighted by atomic mass is 33.1. The number of nitrogens with two attached hydrogens (primary N) is 1. The van der Waals surface area contributed by atoms with Crippen molar-refractivity contribution in [2.45, 2.75) is 144 Å². The summed E-state index contributed by atoms with van der Waals surface area (Å²) in [5.74, 6) is 5.73. The molecule has 35 nitrogen and oxygen atoms in total. The van der Waals surface area contributed by atoms with Crippen molar-refractivity contribution >= 4 is 132 Å². The normalized spacial score (nSPS) is 18.9. The number of hydrogen-bond donors (Lipinski definition) is 11. The number of aromatic amines is 1. The van der Waals surface area contributed by atoms with E-state index in [1.54, 1.807) is 40.0 Å². The van der Waals surface area contributed by atoms with Gasteiger partial charge in [-0.2, -0.15) is 35.0 Å². The molecule has 2 amide bonds. The van der Waals surface area contributed by atoms with Crippen molar-refractivity contribution in [2.24, 2.45) is 0 Å². The molecule has 0 bridgehead atoms. The summed E-state index contributed by atoms with van der Waals surface area (Å²) in [5.41, 5.74) is 12.2. The van der Waals surface area contributed by atoms with Crippen LogP contribution in [0.4, 0.5) is 22.1 Å². The van der Waals surface area contributed by atoms with Crippen LogP contribution in [0.5, 0.6) is 0 Å². The van der Waals surface area contributed by atoms with E-state index in [1.807, 2.05) is 65.0 Å². The summed E-state index contributed by atoms with van der Waals surface area (Å²) >= 11 is 5.23. The molecule has 0 saturated carbocycles. The van der Waals surface area contributed by atoms with E-state index in [-0.39, 0.29) is 68.5 Å². The number of alkyl carbamates (subject to hydrolysis) is 1. The summed E-state index contributed by atoms with van der Waals surface area (Å²) < 4.78 is 154. The summed E-state index contributed by atoms with van der Waals surface area (Å²) in [5, 5.41) is 5.44. The van der Waals surface area contributed by atoms with E-state index >= 15 is 0 Å². The number of nitrogens with one attached hydrogen (secondary N) is 4. The fourth-order valence-corrected chi connectivity index (χ4v) is 18.8. The van der Waals surface area contributed by atoms with Gasteiger partial charge >= 0.3 is 29.6 Å². The third-order valence-electron chi connectivity index (χ3n) is 17.2. The lowest BCUT2D eigenvalue weighted by atomic mass is 9.81. The second-order valence-electron chi connectivity index (χ2n) is 26.7. The first-order valence-corrected chi connectivity index (χ1v) is 47.1. The minimum atomic E-state index is -5.80. The summed E-state index contributed by atoms with van der Waals surface area (Å²) in [6, 6.07) is 9.26. The molecule has 0 radical (unpaired) electrons. The lowest BCUT2D eigenvalue weighted by molar-refractivity contribution is -0.438. The highest BCUT2D eigenvalue weighted by Crippen LogP contribution is 2.66. The van der Waals surface area contributed by atoms with E-state index < -0.39 is 101 Å². The van der Waals surface area contributed by atoms with Gasteiger partial charge < -0.3 is 78.7 Å². The lowest BCUT2D eigenvalue weighted by Gasteiger charge is -2.25. The molecule has 612 valence electrons. The van der Waals surface area contributed by atoms with E-state index in [0.29, 0.717) is 97.4 Å². The van der Waals surface area contributed by atoms with Gasteiger partial charge in [0.2, 0.25) is 17.5 Å². The predicted molar refractivity (Wildman–Crippen MR) is 418 cm³/mol. The Morgan fingerprint density at radius 3 is 2.25 bits per heavy atom. The fourth-order valence-electron chi connectivity index (χ4n) is 12.0. The molecule has 2 aromatic carbocycles. The maximum atomic E-state index is 13.2.